The topological polar surface area (TPSA) is 69.6 Å². The summed E-state index contributed by atoms with van der Waals surface area (Å²) in [7, 11) is 0. The fourth-order valence-corrected chi connectivity index (χ4v) is 3.32. The number of carbonyl (C=O) groups is 2. The van der Waals surface area contributed by atoms with Gasteiger partial charge in [0, 0.05) is 13.1 Å². The predicted octanol–water partition coefficient (Wildman–Crippen LogP) is 1.55. The Balaban J connectivity index is 2.08. The van der Waals surface area contributed by atoms with Crippen LogP contribution in [0.15, 0.2) is 6.07 Å². The van der Waals surface area contributed by atoms with Gasteiger partial charge in [-0.15, -0.1) is 0 Å². The van der Waals surface area contributed by atoms with Gasteiger partial charge >= 0.3 is 0 Å². The molecule has 1 aromatic rings. The van der Waals surface area contributed by atoms with E-state index in [0.29, 0.717) is 18.5 Å². The maximum atomic E-state index is 14.1. The molecule has 1 fully saturated rings. The molecule has 1 spiro atoms. The van der Waals surface area contributed by atoms with Crippen LogP contribution in [0.3, 0.4) is 0 Å². The molecule has 21 heavy (non-hydrogen) atoms. The van der Waals surface area contributed by atoms with Gasteiger partial charge in [0.1, 0.15) is 6.61 Å². The Morgan fingerprint density at radius 3 is 2.90 bits per heavy atom. The molecule has 0 aliphatic carbocycles. The molecule has 3 rings (SSSR count). The zero-order chi connectivity index (χ0) is 15.4. The zero-order valence-electron chi connectivity index (χ0n) is 10.8. The Morgan fingerprint density at radius 2 is 2.24 bits per heavy atom. The second kappa shape index (κ2) is 4.83. The number of amides is 2. The Kier molecular flexibility index (Phi) is 3.35. The third-order valence-corrected chi connectivity index (χ3v) is 4.87. The fourth-order valence-electron chi connectivity index (χ4n) is 2.98. The number of hydrogen-bond acceptors (Lipinski definition) is 3. The number of likely N-dealkylation sites (tertiary alicyclic amines) is 1. The van der Waals surface area contributed by atoms with Gasteiger partial charge in [-0.25, -0.2) is 4.39 Å². The molecule has 2 N–H and O–H groups in total. The highest BCUT2D eigenvalue weighted by Crippen LogP contribution is 2.48. The van der Waals surface area contributed by atoms with Crippen molar-refractivity contribution in [2.75, 3.05) is 25.0 Å². The second-order valence-corrected chi connectivity index (χ2v) is 5.95. The van der Waals surface area contributed by atoms with E-state index < -0.39 is 23.7 Å². The predicted molar refractivity (Wildman–Crippen MR) is 75.0 cm³/mol. The second-order valence-electron chi connectivity index (χ2n) is 5.17. The highest BCUT2D eigenvalue weighted by atomic mass is 35.5. The van der Waals surface area contributed by atoms with Crippen LogP contribution < -0.4 is 5.32 Å². The van der Waals surface area contributed by atoms with Gasteiger partial charge in [0.15, 0.2) is 5.82 Å². The van der Waals surface area contributed by atoms with E-state index in [1.807, 2.05) is 0 Å². The Hall–Kier alpha value is -1.37. The lowest BCUT2D eigenvalue weighted by Crippen LogP contribution is -2.40. The van der Waals surface area contributed by atoms with E-state index in [4.69, 9.17) is 28.3 Å². The van der Waals surface area contributed by atoms with Crippen LogP contribution in [0.4, 0.5) is 10.1 Å². The quantitative estimate of drug-likeness (QED) is 0.766. The molecule has 0 bridgehead atoms. The summed E-state index contributed by atoms with van der Waals surface area (Å²) in [5.41, 5.74) is -0.602. The lowest BCUT2D eigenvalue weighted by Gasteiger charge is -2.22. The van der Waals surface area contributed by atoms with Crippen molar-refractivity contribution in [2.24, 2.45) is 0 Å². The molecular weight excluding hydrogens is 322 g/mol. The van der Waals surface area contributed by atoms with Crippen LogP contribution in [0, 0.1) is 5.82 Å². The van der Waals surface area contributed by atoms with Crippen LogP contribution in [0.1, 0.15) is 12.0 Å². The van der Waals surface area contributed by atoms with Gasteiger partial charge in [-0.05, 0) is 18.1 Å². The number of carbonyl (C=O) groups excluding carboxylic acids is 2. The average Bonchev–Trinajstić information content (AvgIpc) is 3.02. The van der Waals surface area contributed by atoms with Crippen LogP contribution in [0.2, 0.25) is 10.0 Å². The first-order valence-electron chi connectivity index (χ1n) is 6.29. The number of rotatable bonds is 1. The third kappa shape index (κ3) is 1.93. The summed E-state index contributed by atoms with van der Waals surface area (Å²) in [5.74, 6) is -1.62. The monoisotopic (exact) mass is 332 g/mol. The summed E-state index contributed by atoms with van der Waals surface area (Å²) in [6, 6.07) is 1.47. The van der Waals surface area contributed by atoms with E-state index >= 15 is 0 Å². The molecule has 8 heteroatoms. The third-order valence-electron chi connectivity index (χ3n) is 4.11. The van der Waals surface area contributed by atoms with Crippen LogP contribution in [-0.2, 0) is 15.0 Å². The number of anilines is 1. The molecule has 5 nitrogen and oxygen atoms in total. The van der Waals surface area contributed by atoms with Crippen molar-refractivity contribution in [2.45, 2.75) is 11.8 Å². The van der Waals surface area contributed by atoms with Crippen LogP contribution in [-0.4, -0.2) is 41.5 Å². The number of nitrogens with zero attached hydrogens (tertiary/aromatic N) is 1. The molecule has 1 saturated heterocycles. The largest absolute Gasteiger partial charge is 0.387 e. The number of aliphatic hydroxyl groups excluding tert-OH is 1. The Labute approximate surface area is 129 Å². The van der Waals surface area contributed by atoms with Gasteiger partial charge in [-0.2, -0.15) is 0 Å². The molecular formula is C13H11Cl2FN2O3. The molecule has 2 amide bonds. The molecule has 0 unspecified atom stereocenters. The molecule has 112 valence electrons. The van der Waals surface area contributed by atoms with Gasteiger partial charge in [-0.3, -0.25) is 9.59 Å². The maximum absolute atomic E-state index is 14.1. The van der Waals surface area contributed by atoms with E-state index in [1.165, 1.54) is 11.0 Å². The maximum Gasteiger partial charge on any atom is 0.248 e. The number of nitrogens with one attached hydrogen (secondary N) is 1. The lowest BCUT2D eigenvalue weighted by molar-refractivity contribution is -0.133. The lowest BCUT2D eigenvalue weighted by atomic mass is 9.81. The molecule has 2 heterocycles. The van der Waals surface area contributed by atoms with E-state index in [1.54, 1.807) is 0 Å². The van der Waals surface area contributed by atoms with Gasteiger partial charge in [0.05, 0.1) is 21.1 Å². The number of benzene rings is 1. The van der Waals surface area contributed by atoms with Crippen LogP contribution >= 0.6 is 23.2 Å². The van der Waals surface area contributed by atoms with Gasteiger partial charge in [-0.1, -0.05) is 23.2 Å². The normalized spacial score (nSPS) is 23.6. The van der Waals surface area contributed by atoms with Gasteiger partial charge in [0.2, 0.25) is 11.8 Å². The first-order chi connectivity index (χ1) is 9.90. The summed E-state index contributed by atoms with van der Waals surface area (Å²) in [6.45, 7) is -0.225. The Morgan fingerprint density at radius 1 is 1.52 bits per heavy atom. The first-order valence-corrected chi connectivity index (χ1v) is 7.04. The van der Waals surface area contributed by atoms with Crippen molar-refractivity contribution in [1.29, 1.82) is 0 Å². The number of hydrogen-bond donors (Lipinski definition) is 2. The van der Waals surface area contributed by atoms with Crippen LogP contribution in [0.25, 0.3) is 0 Å². The number of fused-ring (bicyclic) bond motifs is 2. The van der Waals surface area contributed by atoms with Crippen molar-refractivity contribution in [3.05, 3.63) is 27.5 Å². The van der Waals surface area contributed by atoms with Crippen molar-refractivity contribution < 1.29 is 19.1 Å². The summed E-state index contributed by atoms with van der Waals surface area (Å²) >= 11 is 11.7. The highest BCUT2D eigenvalue weighted by molar-refractivity contribution is 6.42. The minimum absolute atomic E-state index is 0.0210. The Bertz CT molecular complexity index is 667. The standard InChI is InChI=1S/C13H11Cl2FN2O3/c14-7-3-6-11(10(16)9(7)15)17-12(21)13(6)1-2-18(5-13)8(20)4-19/h3,19H,1-2,4-5H2,(H,17,21)/t13-/m1/s1. The first kappa shape index (κ1) is 14.6. The number of halogens is 3. The van der Waals surface area contributed by atoms with E-state index in [9.17, 15) is 14.0 Å². The summed E-state index contributed by atoms with van der Waals surface area (Å²) in [5, 5.41) is 11.2. The zero-order valence-corrected chi connectivity index (χ0v) is 12.3. The molecule has 2 aliphatic rings. The van der Waals surface area contributed by atoms with E-state index in [2.05, 4.69) is 5.32 Å². The van der Waals surface area contributed by atoms with E-state index in [0.717, 1.165) is 0 Å². The molecule has 0 saturated carbocycles. The minimum Gasteiger partial charge on any atom is -0.387 e. The van der Waals surface area contributed by atoms with Crippen molar-refractivity contribution >= 4 is 40.7 Å². The van der Waals surface area contributed by atoms with E-state index in [-0.39, 0.29) is 28.2 Å². The summed E-state index contributed by atoms with van der Waals surface area (Å²) < 4.78 is 14.1. The SMILES string of the molecule is O=C(CO)N1CC[C@]2(C1)C(=O)Nc1c2cc(Cl)c(Cl)c1F. The molecule has 1 aromatic carbocycles. The molecule has 1 atom stereocenters. The molecule has 0 aromatic heterocycles. The smallest absolute Gasteiger partial charge is 0.248 e. The van der Waals surface area contributed by atoms with Crippen molar-refractivity contribution in [3.8, 4) is 0 Å². The highest BCUT2D eigenvalue weighted by Gasteiger charge is 2.53. The van der Waals surface area contributed by atoms with Gasteiger partial charge < -0.3 is 15.3 Å². The summed E-state index contributed by atoms with van der Waals surface area (Å²) in [6.07, 6.45) is 0.342. The summed E-state index contributed by atoms with van der Waals surface area (Å²) in [4.78, 5) is 25.3. The van der Waals surface area contributed by atoms with Crippen molar-refractivity contribution in [3.63, 3.8) is 0 Å². The fraction of sp³-hybridized carbons (Fsp3) is 0.385. The van der Waals surface area contributed by atoms with Crippen molar-refractivity contribution in [1.82, 2.24) is 4.90 Å². The molecule has 0 radical (unpaired) electrons. The number of aliphatic hydroxyl groups is 1. The average molecular weight is 333 g/mol. The molecule has 2 aliphatic heterocycles. The minimum atomic E-state index is -1.03. The van der Waals surface area contributed by atoms with Crippen LogP contribution in [0.5, 0.6) is 0 Å². The van der Waals surface area contributed by atoms with Gasteiger partial charge in [0.25, 0.3) is 0 Å².